The fraction of sp³-hybridized carbons (Fsp3) is 0. The Kier molecular flexibility index (Phi) is 4.47. The highest BCUT2D eigenvalue weighted by atomic mass is 35.5. The van der Waals surface area contributed by atoms with Gasteiger partial charge in [0.25, 0.3) is 5.91 Å². The summed E-state index contributed by atoms with van der Waals surface area (Å²) in [6.45, 7) is 0. The van der Waals surface area contributed by atoms with Crippen LogP contribution in [0, 0.1) is 0 Å². The first-order chi connectivity index (χ1) is 8.97. The molecule has 0 aliphatic heterocycles. The lowest BCUT2D eigenvalue weighted by molar-refractivity contribution is 0.102. The number of rotatable bonds is 2. The van der Waals surface area contributed by atoms with Gasteiger partial charge in [-0.15, -0.1) is 0 Å². The number of hydrogen-bond acceptors (Lipinski definition) is 3. The van der Waals surface area contributed by atoms with Crippen LogP contribution in [0.5, 0.6) is 0 Å². The molecule has 1 aromatic heterocycles. The summed E-state index contributed by atoms with van der Waals surface area (Å²) in [7, 11) is 0. The number of hydrogen-bond donors (Lipinski definition) is 1. The molecule has 1 heterocycles. The van der Waals surface area contributed by atoms with Gasteiger partial charge >= 0.3 is 0 Å². The molecule has 1 amide bonds. The number of aromatic nitrogens is 2. The summed E-state index contributed by atoms with van der Waals surface area (Å²) in [4.78, 5) is 19.5. The molecule has 2 rings (SSSR count). The van der Waals surface area contributed by atoms with Crippen LogP contribution in [-0.2, 0) is 0 Å². The Morgan fingerprint density at radius 3 is 2.26 bits per heavy atom. The fourth-order valence-electron chi connectivity index (χ4n) is 1.29. The number of benzene rings is 1. The number of nitrogens with zero attached hydrogens (tertiary/aromatic N) is 2. The Hall–Kier alpha value is -1.07. The van der Waals surface area contributed by atoms with Crippen molar-refractivity contribution >= 4 is 58.0 Å². The van der Waals surface area contributed by atoms with E-state index in [0.29, 0.717) is 5.02 Å². The molecular formula is C11H5Cl4N3O. The highest BCUT2D eigenvalue weighted by Crippen LogP contribution is 2.33. The maximum Gasteiger partial charge on any atom is 0.276 e. The molecule has 8 heteroatoms. The Labute approximate surface area is 128 Å². The molecule has 0 radical (unpaired) electrons. The minimum Gasteiger partial charge on any atom is -0.318 e. The van der Waals surface area contributed by atoms with Gasteiger partial charge in [0, 0.05) is 5.02 Å². The van der Waals surface area contributed by atoms with Gasteiger partial charge in [-0.25, -0.2) is 4.98 Å². The van der Waals surface area contributed by atoms with Gasteiger partial charge in [0.05, 0.1) is 28.1 Å². The number of halogens is 4. The largest absolute Gasteiger partial charge is 0.318 e. The zero-order valence-electron chi connectivity index (χ0n) is 9.12. The van der Waals surface area contributed by atoms with Crippen molar-refractivity contribution in [1.82, 2.24) is 9.97 Å². The molecule has 1 N–H and O–H groups in total. The van der Waals surface area contributed by atoms with E-state index in [0.717, 1.165) is 0 Å². The normalized spacial score (nSPS) is 10.3. The van der Waals surface area contributed by atoms with Crippen molar-refractivity contribution in [3.8, 4) is 0 Å². The van der Waals surface area contributed by atoms with Crippen LogP contribution in [0.15, 0.2) is 24.5 Å². The fourth-order valence-corrected chi connectivity index (χ4v) is 2.35. The zero-order valence-corrected chi connectivity index (χ0v) is 12.1. The van der Waals surface area contributed by atoms with E-state index in [1.807, 2.05) is 0 Å². The maximum absolute atomic E-state index is 11.9. The molecule has 0 spiro atoms. The summed E-state index contributed by atoms with van der Waals surface area (Å²) in [5, 5.41) is 3.46. The van der Waals surface area contributed by atoms with Gasteiger partial charge in [-0.3, -0.25) is 9.78 Å². The lowest BCUT2D eigenvalue weighted by Crippen LogP contribution is -2.14. The van der Waals surface area contributed by atoms with Crippen molar-refractivity contribution in [2.75, 3.05) is 5.32 Å². The Bertz CT molecular complexity index is 625. The Balaban J connectivity index is 2.29. The second-order valence-corrected chi connectivity index (χ2v) is 5.06. The van der Waals surface area contributed by atoms with E-state index in [2.05, 4.69) is 15.3 Å². The summed E-state index contributed by atoms with van der Waals surface area (Å²) >= 11 is 23.3. The third-order valence-corrected chi connectivity index (χ3v) is 3.08. The lowest BCUT2D eigenvalue weighted by atomic mass is 10.3. The van der Waals surface area contributed by atoms with E-state index in [9.17, 15) is 4.79 Å². The first-order valence-corrected chi connectivity index (χ1v) is 6.42. The average molecular weight is 337 g/mol. The van der Waals surface area contributed by atoms with Crippen LogP contribution in [0.3, 0.4) is 0 Å². The van der Waals surface area contributed by atoms with E-state index in [4.69, 9.17) is 46.4 Å². The molecule has 19 heavy (non-hydrogen) atoms. The minimum atomic E-state index is -0.527. The van der Waals surface area contributed by atoms with Crippen LogP contribution in [0.25, 0.3) is 0 Å². The summed E-state index contributed by atoms with van der Waals surface area (Å²) in [6, 6.07) is 2.93. The third-order valence-electron chi connectivity index (χ3n) is 2.08. The minimum absolute atomic E-state index is 0.0505. The topological polar surface area (TPSA) is 54.9 Å². The van der Waals surface area contributed by atoms with E-state index in [1.54, 1.807) is 0 Å². The third kappa shape index (κ3) is 3.48. The monoisotopic (exact) mass is 335 g/mol. The Morgan fingerprint density at radius 2 is 1.68 bits per heavy atom. The summed E-state index contributed by atoms with van der Waals surface area (Å²) in [6.07, 6.45) is 2.60. The summed E-state index contributed by atoms with van der Waals surface area (Å²) in [5.74, 6) is -0.527. The van der Waals surface area contributed by atoms with Crippen molar-refractivity contribution in [3.63, 3.8) is 0 Å². The molecule has 0 saturated carbocycles. The first-order valence-electron chi connectivity index (χ1n) is 4.91. The number of carbonyl (C=O) groups is 1. The summed E-state index contributed by atoms with van der Waals surface area (Å²) in [5.41, 5.74) is 0.300. The van der Waals surface area contributed by atoms with Crippen molar-refractivity contribution in [2.24, 2.45) is 0 Å². The molecule has 1 aromatic carbocycles. The Morgan fingerprint density at radius 1 is 1.05 bits per heavy atom. The molecular weight excluding hydrogens is 332 g/mol. The highest BCUT2D eigenvalue weighted by molar-refractivity contribution is 6.42. The predicted octanol–water partition coefficient (Wildman–Crippen LogP) is 4.34. The van der Waals surface area contributed by atoms with Crippen LogP contribution in [0.4, 0.5) is 5.69 Å². The number of carbonyl (C=O) groups excluding carboxylic acids is 1. The van der Waals surface area contributed by atoms with E-state index in [1.165, 1.54) is 24.5 Å². The number of amides is 1. The van der Waals surface area contributed by atoms with Gasteiger partial charge in [-0.2, -0.15) is 0 Å². The molecule has 0 saturated heterocycles. The van der Waals surface area contributed by atoms with Crippen molar-refractivity contribution < 1.29 is 4.79 Å². The van der Waals surface area contributed by atoms with E-state index >= 15 is 0 Å². The molecule has 98 valence electrons. The van der Waals surface area contributed by atoms with E-state index < -0.39 is 5.91 Å². The molecule has 2 aromatic rings. The molecule has 0 fully saturated rings. The van der Waals surface area contributed by atoms with Crippen LogP contribution in [-0.4, -0.2) is 15.9 Å². The van der Waals surface area contributed by atoms with Crippen molar-refractivity contribution in [3.05, 3.63) is 50.4 Å². The molecule has 0 aliphatic rings. The predicted molar refractivity (Wildman–Crippen MR) is 76.5 cm³/mol. The van der Waals surface area contributed by atoms with Gasteiger partial charge in [0.15, 0.2) is 0 Å². The first kappa shape index (κ1) is 14.3. The molecule has 0 unspecified atom stereocenters. The van der Waals surface area contributed by atoms with Crippen LogP contribution in [0.2, 0.25) is 20.2 Å². The molecule has 0 atom stereocenters. The number of nitrogens with one attached hydrogen (secondary N) is 1. The van der Waals surface area contributed by atoms with E-state index in [-0.39, 0.29) is 26.6 Å². The zero-order chi connectivity index (χ0) is 14.0. The maximum atomic E-state index is 11.9. The number of anilines is 1. The molecule has 4 nitrogen and oxygen atoms in total. The second-order valence-electron chi connectivity index (χ2n) is 3.43. The van der Waals surface area contributed by atoms with Crippen LogP contribution >= 0.6 is 46.4 Å². The van der Waals surface area contributed by atoms with Crippen molar-refractivity contribution in [1.29, 1.82) is 0 Å². The summed E-state index contributed by atoms with van der Waals surface area (Å²) < 4.78 is 0. The van der Waals surface area contributed by atoms with Gasteiger partial charge in [0.1, 0.15) is 10.8 Å². The molecule has 0 bridgehead atoms. The lowest BCUT2D eigenvalue weighted by Gasteiger charge is -2.09. The van der Waals surface area contributed by atoms with Gasteiger partial charge in [0.2, 0.25) is 0 Å². The van der Waals surface area contributed by atoms with Crippen molar-refractivity contribution in [2.45, 2.75) is 0 Å². The van der Waals surface area contributed by atoms with Crippen LogP contribution < -0.4 is 5.32 Å². The highest BCUT2D eigenvalue weighted by Gasteiger charge is 2.14. The smallest absolute Gasteiger partial charge is 0.276 e. The average Bonchev–Trinajstić information content (AvgIpc) is 2.33. The second kappa shape index (κ2) is 5.92. The standard InChI is InChI=1S/C11H5Cl4N3O/c12-5-1-6(13)10(7(14)2-5)18-11(19)8-3-16-4-9(15)17-8/h1-4H,(H,18,19). The van der Waals surface area contributed by atoms with Gasteiger partial charge in [-0.1, -0.05) is 46.4 Å². The van der Waals surface area contributed by atoms with Gasteiger partial charge in [-0.05, 0) is 12.1 Å². The quantitative estimate of drug-likeness (QED) is 0.887. The SMILES string of the molecule is O=C(Nc1c(Cl)cc(Cl)cc1Cl)c1cncc(Cl)n1. The van der Waals surface area contributed by atoms with Crippen LogP contribution in [0.1, 0.15) is 10.5 Å². The molecule has 0 aliphatic carbocycles. The van der Waals surface area contributed by atoms with Gasteiger partial charge < -0.3 is 5.32 Å².